The number of nitrogens with zero attached hydrogens (tertiary/aromatic N) is 4. The summed E-state index contributed by atoms with van der Waals surface area (Å²) in [5, 5.41) is 16.3. The van der Waals surface area contributed by atoms with Gasteiger partial charge in [0.15, 0.2) is 5.78 Å². The number of ether oxygens (including phenoxy) is 5. The molecule has 7 aromatic rings. The predicted molar refractivity (Wildman–Crippen MR) is 423 cm³/mol. The molecule has 22 heteroatoms. The summed E-state index contributed by atoms with van der Waals surface area (Å²) in [6.45, 7) is 23.1. The number of benzene rings is 6. The number of rotatable bonds is 39. The van der Waals surface area contributed by atoms with Crippen molar-refractivity contribution >= 4 is 76.1 Å². The SMILES string of the molecule is Cc1nn(-c2ccc(C(N)=O)c(NCCCOCCOCCOCCOCCOCCCNCc3ccc(C4=C(/C=C/C5N(CCCCS(=O)(=O)O)c6c(ccc7ccccc67)C5(C)C)CCC/C4=C\C=C4\N(CCCCS(=O)(=O)O)c5ccc6ccccc6c5C4(C)C)cc3)c2)c2c1C(=O)CC(C)(C)C2. The molecule has 0 radical (unpaired) electrons. The molecule has 0 saturated carbocycles. The lowest BCUT2D eigenvalue weighted by molar-refractivity contribution is -0.0111. The van der Waals surface area contributed by atoms with Crippen LogP contribution in [0.1, 0.15) is 160 Å². The molecule has 0 bridgehead atoms. The number of fused-ring (bicyclic) bond motifs is 7. The Morgan fingerprint density at radius 2 is 1.27 bits per heavy atom. The lowest BCUT2D eigenvalue weighted by atomic mass is 9.75. The van der Waals surface area contributed by atoms with Gasteiger partial charge in [-0.15, -0.1) is 0 Å². The maximum Gasteiger partial charge on any atom is 0.264 e. The molecule has 3 heterocycles. The first-order chi connectivity index (χ1) is 50.8. The van der Waals surface area contributed by atoms with Crippen LogP contribution in [0.4, 0.5) is 17.1 Å². The van der Waals surface area contributed by atoms with Crippen molar-refractivity contribution in [1.82, 2.24) is 15.1 Å². The number of nitrogens with one attached hydrogen (secondary N) is 2. The van der Waals surface area contributed by atoms with Gasteiger partial charge in [-0.2, -0.15) is 21.9 Å². The van der Waals surface area contributed by atoms with Gasteiger partial charge in [-0.05, 0) is 169 Å². The number of hydrogen-bond acceptors (Lipinski definition) is 16. The minimum atomic E-state index is -4.10. The van der Waals surface area contributed by atoms with E-state index >= 15 is 0 Å². The molecule has 0 saturated heterocycles. The van der Waals surface area contributed by atoms with E-state index in [-0.39, 0.29) is 34.2 Å². The summed E-state index contributed by atoms with van der Waals surface area (Å²) in [5.74, 6) is -0.999. The molecule has 1 unspecified atom stereocenters. The van der Waals surface area contributed by atoms with Gasteiger partial charge in [0.05, 0.1) is 98.6 Å². The molecular formula is C84H107N7O13S2. The molecule has 568 valence electrons. The van der Waals surface area contributed by atoms with Crippen molar-refractivity contribution in [1.29, 1.82) is 0 Å². The molecular weight excluding hydrogens is 1380 g/mol. The van der Waals surface area contributed by atoms with Crippen LogP contribution in [0.25, 0.3) is 32.8 Å². The number of anilines is 3. The van der Waals surface area contributed by atoms with Gasteiger partial charge in [-0.1, -0.05) is 151 Å². The van der Waals surface area contributed by atoms with Gasteiger partial charge in [0.25, 0.3) is 26.1 Å². The normalized spacial score (nSPS) is 17.7. The van der Waals surface area contributed by atoms with Crippen LogP contribution < -0.4 is 26.2 Å². The number of hydrogen-bond donors (Lipinski definition) is 5. The van der Waals surface area contributed by atoms with Crippen molar-refractivity contribution in [2.24, 2.45) is 11.1 Å². The van der Waals surface area contributed by atoms with Gasteiger partial charge in [-0.3, -0.25) is 18.7 Å². The van der Waals surface area contributed by atoms with Gasteiger partial charge in [-0.25, -0.2) is 4.68 Å². The van der Waals surface area contributed by atoms with Crippen LogP contribution in [0.3, 0.4) is 0 Å². The van der Waals surface area contributed by atoms with Crippen molar-refractivity contribution in [3.8, 4) is 5.69 Å². The number of primary amides is 1. The molecule has 6 N–H and O–H groups in total. The van der Waals surface area contributed by atoms with Crippen LogP contribution >= 0.6 is 0 Å². The van der Waals surface area contributed by atoms with Crippen molar-refractivity contribution in [3.05, 3.63) is 201 Å². The standard InChI is InChI=1S/C84H107N7O13S2/c1-59-77-73(56-82(2,3)57-74(77)92)91(88-59)66-33-34-69(81(85)93)71(55-66)87-40-18-44-101-46-48-103-50-52-104-51-49-102-47-45-100-43-17-39-86-58-60-25-27-65(28-26-60)78-63(31-37-75-83(4,5)70-35-29-62-20-9-11-24-68(62)80(70)90(75)42-13-15-54-106(97,98)99)21-16-22-64(78)32-38-76-84(6,7)79-67-23-10-8-19-61(67)30-36-72(79)89(76)41-12-14-53-105(94,95)96/h8-11,19-20,23-38,55,75,86-87H,12-18,21-22,39-54,56-58H2,1-7H3,(H2,85,93)(H,94,95,96)(H,97,98,99)/b37-31+,64-32+,76-38+. The molecule has 2 aliphatic carbocycles. The smallest absolute Gasteiger partial charge is 0.264 e. The molecule has 2 aliphatic heterocycles. The van der Waals surface area contributed by atoms with Crippen LogP contribution in [0.5, 0.6) is 0 Å². The summed E-state index contributed by atoms with van der Waals surface area (Å²) in [5.41, 5.74) is 20.7. The van der Waals surface area contributed by atoms with E-state index in [0.29, 0.717) is 153 Å². The molecule has 1 atom stereocenters. The lowest BCUT2D eigenvalue weighted by Crippen LogP contribution is -2.40. The van der Waals surface area contributed by atoms with E-state index in [1.54, 1.807) is 6.07 Å². The number of nitrogens with two attached hydrogens (primary N) is 1. The number of amides is 1. The Morgan fingerprint density at radius 1 is 0.670 bits per heavy atom. The van der Waals surface area contributed by atoms with E-state index in [1.165, 1.54) is 38.9 Å². The summed E-state index contributed by atoms with van der Waals surface area (Å²) >= 11 is 0. The highest BCUT2D eigenvalue weighted by atomic mass is 32.2. The molecule has 1 amide bonds. The van der Waals surface area contributed by atoms with E-state index in [9.17, 15) is 35.5 Å². The van der Waals surface area contributed by atoms with Crippen LogP contribution in [-0.4, -0.2) is 157 Å². The molecule has 1 aromatic heterocycles. The minimum Gasteiger partial charge on any atom is -0.384 e. The molecule has 6 aromatic carbocycles. The molecule has 0 spiro atoms. The highest BCUT2D eigenvalue weighted by molar-refractivity contribution is 7.86. The summed E-state index contributed by atoms with van der Waals surface area (Å²) in [6, 6.07) is 40.0. The number of Topliss-reactive ketones (excluding diaryl/α,β-unsaturated/α-hetero) is 1. The summed E-state index contributed by atoms with van der Waals surface area (Å²) in [4.78, 5) is 30.1. The number of aromatic nitrogens is 2. The van der Waals surface area contributed by atoms with E-state index < -0.39 is 31.6 Å². The first-order valence-corrected chi connectivity index (χ1v) is 40.8. The zero-order valence-electron chi connectivity index (χ0n) is 62.7. The maximum atomic E-state index is 13.0. The molecule has 20 nitrogen and oxygen atoms in total. The largest absolute Gasteiger partial charge is 0.384 e. The molecule has 106 heavy (non-hydrogen) atoms. The topological polar surface area (TPSA) is 263 Å². The Hall–Kier alpha value is -7.87. The van der Waals surface area contributed by atoms with Crippen LogP contribution in [0.2, 0.25) is 0 Å². The van der Waals surface area contributed by atoms with Crippen LogP contribution in [0.15, 0.2) is 156 Å². The molecule has 4 aliphatic rings. The number of allylic oxidation sites excluding steroid dienone is 7. The zero-order valence-corrected chi connectivity index (χ0v) is 64.4. The Morgan fingerprint density at radius 3 is 1.92 bits per heavy atom. The fraction of sp³-hybridized carbons (Fsp3) is 0.464. The monoisotopic (exact) mass is 1490 g/mol. The van der Waals surface area contributed by atoms with Crippen LogP contribution in [0, 0.1) is 12.3 Å². The van der Waals surface area contributed by atoms with Gasteiger partial charge < -0.3 is 49.9 Å². The average molecular weight is 1490 g/mol. The Bertz CT molecular complexity index is 4630. The minimum absolute atomic E-state index is 0.0638. The predicted octanol–water partition coefficient (Wildman–Crippen LogP) is 14.4. The fourth-order valence-electron chi connectivity index (χ4n) is 15.9. The number of carbonyl (C=O) groups is 2. The Kier molecular flexibility index (Phi) is 26.5. The highest BCUT2D eigenvalue weighted by Crippen LogP contribution is 2.53. The van der Waals surface area contributed by atoms with Crippen molar-refractivity contribution < 1.29 is 59.2 Å². The number of unbranched alkanes of at least 4 members (excludes halogenated alkanes) is 2. The molecule has 0 fully saturated rings. The van der Waals surface area contributed by atoms with Gasteiger partial charge >= 0.3 is 0 Å². The quantitative estimate of drug-likeness (QED) is 0.0177. The first kappa shape index (κ1) is 79.2. The Labute approximate surface area is 626 Å². The second-order valence-corrected chi connectivity index (χ2v) is 33.4. The first-order valence-electron chi connectivity index (χ1n) is 37.6. The molecule has 11 rings (SSSR count). The summed E-state index contributed by atoms with van der Waals surface area (Å²) < 4.78 is 97.5. The van der Waals surface area contributed by atoms with E-state index in [1.807, 2.05) is 23.7 Å². The van der Waals surface area contributed by atoms with Crippen molar-refractivity contribution in [3.63, 3.8) is 0 Å². The third kappa shape index (κ3) is 19.7. The number of aryl methyl sites for hydroxylation is 1. The third-order valence-corrected chi connectivity index (χ3v) is 22.6. The van der Waals surface area contributed by atoms with Crippen LogP contribution in [-0.2, 0) is 67.7 Å². The number of carbonyl (C=O) groups excluding carboxylic acids is 2. The van der Waals surface area contributed by atoms with Crippen molar-refractivity contribution in [2.45, 2.75) is 143 Å². The Balaban J connectivity index is 0.649. The van der Waals surface area contributed by atoms with Crippen molar-refractivity contribution in [2.75, 3.05) is 119 Å². The highest BCUT2D eigenvalue weighted by Gasteiger charge is 2.45. The van der Waals surface area contributed by atoms with E-state index in [4.69, 9.17) is 34.5 Å². The summed E-state index contributed by atoms with van der Waals surface area (Å²) in [6.07, 6.45) is 16.6. The van der Waals surface area contributed by atoms with E-state index in [2.05, 4.69) is 183 Å². The summed E-state index contributed by atoms with van der Waals surface area (Å²) in [7, 11) is -8.21. The second-order valence-electron chi connectivity index (χ2n) is 30.3. The van der Waals surface area contributed by atoms with Gasteiger partial charge in [0.2, 0.25) is 0 Å². The number of ketones is 1. The lowest BCUT2D eigenvalue weighted by Gasteiger charge is -2.33. The van der Waals surface area contributed by atoms with E-state index in [0.717, 1.165) is 88.7 Å². The van der Waals surface area contributed by atoms with Gasteiger partial charge in [0, 0.05) is 84.8 Å². The third-order valence-electron chi connectivity index (χ3n) is 21.0. The van der Waals surface area contributed by atoms with Gasteiger partial charge in [0.1, 0.15) is 0 Å². The zero-order chi connectivity index (χ0) is 75.2. The fourth-order valence-corrected chi connectivity index (χ4v) is 17.0. The second kappa shape index (κ2) is 35.4. The maximum absolute atomic E-state index is 13.0. The average Bonchev–Trinajstić information content (AvgIpc) is 1.58.